The molecule has 1 aliphatic rings. The van der Waals surface area contributed by atoms with Crippen LogP contribution in [-0.2, 0) is 17.8 Å². The van der Waals surface area contributed by atoms with Crippen molar-refractivity contribution in [3.05, 3.63) is 45.8 Å². The Hall–Kier alpha value is -2.00. The van der Waals surface area contributed by atoms with Gasteiger partial charge in [-0.1, -0.05) is 36.3 Å². The lowest BCUT2D eigenvalue weighted by Crippen LogP contribution is -2.24. The third-order valence-corrected chi connectivity index (χ3v) is 3.50. The molecule has 19 heavy (non-hydrogen) atoms. The SMILES string of the molecule is CCc1ccc(CN2CC(CN=[N+]=[N-])CC2=O)cc1. The molecule has 1 atom stereocenters. The largest absolute Gasteiger partial charge is 0.338 e. The molecule has 0 bridgehead atoms. The molecular weight excluding hydrogens is 240 g/mol. The van der Waals surface area contributed by atoms with E-state index in [4.69, 9.17) is 5.53 Å². The number of aryl methyl sites for hydroxylation is 1. The molecule has 0 N–H and O–H groups in total. The molecule has 0 radical (unpaired) electrons. The number of azide groups is 1. The van der Waals surface area contributed by atoms with Gasteiger partial charge < -0.3 is 4.90 Å². The molecule has 1 aromatic rings. The van der Waals surface area contributed by atoms with E-state index in [1.54, 1.807) is 0 Å². The molecule has 2 rings (SSSR count). The first-order valence-corrected chi connectivity index (χ1v) is 6.59. The van der Waals surface area contributed by atoms with Crippen molar-refractivity contribution in [3.8, 4) is 0 Å². The Morgan fingerprint density at radius 3 is 2.68 bits per heavy atom. The lowest BCUT2D eigenvalue weighted by Gasteiger charge is -2.16. The van der Waals surface area contributed by atoms with Crippen molar-refractivity contribution in [2.45, 2.75) is 26.3 Å². The zero-order chi connectivity index (χ0) is 13.7. The zero-order valence-corrected chi connectivity index (χ0v) is 11.1. The average Bonchev–Trinajstić information content (AvgIpc) is 2.78. The number of amides is 1. The van der Waals surface area contributed by atoms with Crippen LogP contribution >= 0.6 is 0 Å². The van der Waals surface area contributed by atoms with Gasteiger partial charge in [-0.25, -0.2) is 0 Å². The Kier molecular flexibility index (Phi) is 4.42. The molecule has 1 heterocycles. The summed E-state index contributed by atoms with van der Waals surface area (Å²) >= 11 is 0. The highest BCUT2D eigenvalue weighted by molar-refractivity contribution is 5.78. The van der Waals surface area contributed by atoms with E-state index >= 15 is 0 Å². The summed E-state index contributed by atoms with van der Waals surface area (Å²) < 4.78 is 0. The summed E-state index contributed by atoms with van der Waals surface area (Å²) in [6.07, 6.45) is 1.52. The number of carbonyl (C=O) groups excluding carboxylic acids is 1. The van der Waals surface area contributed by atoms with Crippen LogP contribution < -0.4 is 0 Å². The van der Waals surface area contributed by atoms with Crippen molar-refractivity contribution in [2.75, 3.05) is 13.1 Å². The summed E-state index contributed by atoms with van der Waals surface area (Å²) in [5.74, 6) is 0.316. The topological polar surface area (TPSA) is 69.1 Å². The quantitative estimate of drug-likeness (QED) is 0.455. The number of carbonyl (C=O) groups is 1. The predicted octanol–water partition coefficient (Wildman–Crippen LogP) is 2.91. The summed E-state index contributed by atoms with van der Waals surface area (Å²) in [7, 11) is 0. The summed E-state index contributed by atoms with van der Waals surface area (Å²) in [5, 5.41) is 3.55. The van der Waals surface area contributed by atoms with Crippen molar-refractivity contribution in [1.82, 2.24) is 4.90 Å². The number of nitrogens with zero attached hydrogens (tertiary/aromatic N) is 4. The minimum Gasteiger partial charge on any atom is -0.338 e. The number of benzene rings is 1. The van der Waals surface area contributed by atoms with E-state index in [2.05, 4.69) is 41.2 Å². The van der Waals surface area contributed by atoms with Gasteiger partial charge >= 0.3 is 0 Å². The van der Waals surface area contributed by atoms with Crippen molar-refractivity contribution >= 4 is 5.91 Å². The minimum atomic E-state index is 0.151. The third kappa shape index (κ3) is 3.48. The molecule has 1 aromatic carbocycles. The van der Waals surface area contributed by atoms with Gasteiger partial charge in [-0.2, -0.15) is 0 Å². The Balaban J connectivity index is 1.95. The van der Waals surface area contributed by atoms with E-state index in [1.165, 1.54) is 5.56 Å². The summed E-state index contributed by atoms with van der Waals surface area (Å²) in [5.41, 5.74) is 10.8. The Bertz CT molecular complexity index is 491. The second-order valence-corrected chi connectivity index (χ2v) is 4.93. The first kappa shape index (κ1) is 13.4. The monoisotopic (exact) mass is 258 g/mol. The van der Waals surface area contributed by atoms with Gasteiger partial charge in [0.1, 0.15) is 0 Å². The van der Waals surface area contributed by atoms with Crippen LogP contribution in [0.4, 0.5) is 0 Å². The van der Waals surface area contributed by atoms with Crippen LogP contribution in [0.1, 0.15) is 24.5 Å². The highest BCUT2D eigenvalue weighted by Gasteiger charge is 2.28. The van der Waals surface area contributed by atoms with E-state index < -0.39 is 0 Å². The van der Waals surface area contributed by atoms with Crippen LogP contribution in [0.15, 0.2) is 29.4 Å². The Morgan fingerprint density at radius 2 is 2.05 bits per heavy atom. The highest BCUT2D eigenvalue weighted by atomic mass is 16.2. The first-order valence-electron chi connectivity index (χ1n) is 6.59. The Labute approximate surface area is 112 Å². The molecular formula is C14H18N4O. The van der Waals surface area contributed by atoms with Crippen LogP contribution in [0, 0.1) is 5.92 Å². The molecule has 0 aliphatic carbocycles. The van der Waals surface area contributed by atoms with E-state index in [9.17, 15) is 4.79 Å². The molecule has 1 amide bonds. The van der Waals surface area contributed by atoms with Gasteiger partial charge in [-0.05, 0) is 29.0 Å². The molecule has 1 fully saturated rings. The molecule has 1 unspecified atom stereocenters. The second kappa shape index (κ2) is 6.25. The van der Waals surface area contributed by atoms with Gasteiger partial charge in [0.05, 0.1) is 0 Å². The average molecular weight is 258 g/mol. The summed E-state index contributed by atoms with van der Waals surface area (Å²) in [4.78, 5) is 16.5. The fraction of sp³-hybridized carbons (Fsp3) is 0.500. The molecule has 100 valence electrons. The fourth-order valence-corrected chi connectivity index (χ4v) is 2.38. The molecule has 1 saturated heterocycles. The van der Waals surface area contributed by atoms with Crippen LogP contribution in [0.2, 0.25) is 0 Å². The third-order valence-electron chi connectivity index (χ3n) is 3.50. The Morgan fingerprint density at radius 1 is 1.37 bits per heavy atom. The van der Waals surface area contributed by atoms with Crippen LogP contribution in [0.3, 0.4) is 0 Å². The maximum Gasteiger partial charge on any atom is 0.223 e. The second-order valence-electron chi connectivity index (χ2n) is 4.93. The maximum atomic E-state index is 11.9. The van der Waals surface area contributed by atoms with E-state index in [0.717, 1.165) is 12.0 Å². The normalized spacial score (nSPS) is 18.5. The van der Waals surface area contributed by atoms with Gasteiger partial charge in [0, 0.05) is 31.0 Å². The number of rotatable bonds is 5. The summed E-state index contributed by atoms with van der Waals surface area (Å²) in [6.45, 7) is 3.87. The first-order chi connectivity index (χ1) is 9.22. The van der Waals surface area contributed by atoms with Crippen molar-refractivity contribution in [3.63, 3.8) is 0 Å². The predicted molar refractivity (Wildman–Crippen MR) is 73.4 cm³/mol. The fourth-order valence-electron chi connectivity index (χ4n) is 2.38. The number of hydrogen-bond acceptors (Lipinski definition) is 2. The van der Waals surface area contributed by atoms with E-state index in [0.29, 0.717) is 26.1 Å². The van der Waals surface area contributed by atoms with E-state index in [-0.39, 0.29) is 11.8 Å². The summed E-state index contributed by atoms with van der Waals surface area (Å²) in [6, 6.07) is 8.36. The number of likely N-dealkylation sites (tertiary alicyclic amines) is 1. The van der Waals surface area contributed by atoms with Crippen molar-refractivity contribution < 1.29 is 4.79 Å². The molecule has 5 heteroatoms. The van der Waals surface area contributed by atoms with Gasteiger partial charge in [-0.15, -0.1) is 0 Å². The maximum absolute atomic E-state index is 11.9. The smallest absolute Gasteiger partial charge is 0.223 e. The molecule has 1 aliphatic heterocycles. The number of hydrogen-bond donors (Lipinski definition) is 0. The molecule has 0 spiro atoms. The lowest BCUT2D eigenvalue weighted by molar-refractivity contribution is -0.128. The van der Waals surface area contributed by atoms with Gasteiger partial charge in [-0.3, -0.25) is 4.79 Å². The molecule has 0 aromatic heterocycles. The van der Waals surface area contributed by atoms with Crippen molar-refractivity contribution in [2.24, 2.45) is 11.0 Å². The van der Waals surface area contributed by atoms with E-state index in [1.807, 2.05) is 4.90 Å². The lowest BCUT2D eigenvalue weighted by atomic mass is 10.1. The van der Waals surface area contributed by atoms with Crippen LogP contribution in [-0.4, -0.2) is 23.9 Å². The van der Waals surface area contributed by atoms with Crippen LogP contribution in [0.5, 0.6) is 0 Å². The zero-order valence-electron chi connectivity index (χ0n) is 11.1. The van der Waals surface area contributed by atoms with Crippen LogP contribution in [0.25, 0.3) is 10.4 Å². The van der Waals surface area contributed by atoms with Gasteiger partial charge in [0.25, 0.3) is 0 Å². The highest BCUT2D eigenvalue weighted by Crippen LogP contribution is 2.20. The van der Waals surface area contributed by atoms with Gasteiger partial charge in [0.15, 0.2) is 0 Å². The van der Waals surface area contributed by atoms with Gasteiger partial charge in [0.2, 0.25) is 5.91 Å². The molecule has 5 nitrogen and oxygen atoms in total. The molecule has 0 saturated carbocycles. The van der Waals surface area contributed by atoms with Crippen molar-refractivity contribution in [1.29, 1.82) is 0 Å². The minimum absolute atomic E-state index is 0.151. The standard InChI is InChI=1S/C14H18N4O/c1-2-11-3-5-12(6-4-11)9-18-10-13(7-14(18)19)8-16-17-15/h3-6,13H,2,7-10H2,1H3.